The van der Waals surface area contributed by atoms with Crippen molar-refractivity contribution in [3.8, 4) is 0 Å². The van der Waals surface area contributed by atoms with Gasteiger partial charge in [-0.25, -0.2) is 0 Å². The van der Waals surface area contributed by atoms with E-state index in [1.807, 2.05) is 20.8 Å². The highest BCUT2D eigenvalue weighted by Crippen LogP contribution is 2.72. The molecule has 0 aromatic heterocycles. The number of rotatable bonds is 2. The van der Waals surface area contributed by atoms with Crippen molar-refractivity contribution < 1.29 is 34.4 Å². The Kier molecular flexibility index (Phi) is 5.16. The Hall–Kier alpha value is -1.44. The third-order valence-electron chi connectivity index (χ3n) is 9.23. The highest BCUT2D eigenvalue weighted by Gasteiger charge is 2.74. The number of fused-ring (bicyclic) bond motifs is 3. The number of carbonyl (C=O) groups is 2. The molecule has 7 nitrogen and oxygen atoms in total. The Bertz CT molecular complexity index is 806. The minimum Gasteiger partial charge on any atom is -0.462 e. The van der Waals surface area contributed by atoms with Crippen molar-refractivity contribution >= 4 is 11.9 Å². The molecule has 3 N–H and O–H groups in total. The molecule has 1 spiro atoms. The monoisotopic (exact) mass is 436 g/mol. The molecule has 0 heterocycles. The van der Waals surface area contributed by atoms with Crippen LogP contribution < -0.4 is 0 Å². The van der Waals surface area contributed by atoms with Gasteiger partial charge in [-0.3, -0.25) is 9.59 Å². The van der Waals surface area contributed by atoms with E-state index in [-0.39, 0.29) is 18.3 Å². The van der Waals surface area contributed by atoms with E-state index in [0.717, 1.165) is 5.57 Å². The second kappa shape index (κ2) is 7.03. The molecule has 0 aromatic rings. The number of ether oxygens (including phenoxy) is 2. The van der Waals surface area contributed by atoms with Crippen LogP contribution in [0.5, 0.6) is 0 Å². The number of hydrogen-bond donors (Lipinski definition) is 3. The van der Waals surface area contributed by atoms with Gasteiger partial charge in [0.1, 0.15) is 12.2 Å². The van der Waals surface area contributed by atoms with Crippen molar-refractivity contribution in [2.24, 2.45) is 34.0 Å². The number of aliphatic hydroxyl groups is 3. The first-order chi connectivity index (χ1) is 14.3. The predicted molar refractivity (Wildman–Crippen MR) is 112 cm³/mol. The van der Waals surface area contributed by atoms with Gasteiger partial charge in [-0.1, -0.05) is 27.4 Å². The molecule has 4 aliphatic carbocycles. The summed E-state index contributed by atoms with van der Waals surface area (Å²) in [6.45, 7) is 12.8. The largest absolute Gasteiger partial charge is 0.462 e. The van der Waals surface area contributed by atoms with Crippen LogP contribution >= 0.6 is 0 Å². The number of aliphatic hydroxyl groups excluding tert-OH is 3. The molecule has 0 aromatic carbocycles. The van der Waals surface area contributed by atoms with E-state index >= 15 is 0 Å². The number of esters is 2. The summed E-state index contributed by atoms with van der Waals surface area (Å²) in [5.41, 5.74) is -1.36. The molecule has 7 heteroatoms. The van der Waals surface area contributed by atoms with Gasteiger partial charge in [0.15, 0.2) is 0 Å². The van der Waals surface area contributed by atoms with Crippen molar-refractivity contribution in [2.75, 3.05) is 0 Å². The van der Waals surface area contributed by atoms with E-state index in [1.165, 1.54) is 13.8 Å². The van der Waals surface area contributed by atoms with E-state index in [9.17, 15) is 24.9 Å². The van der Waals surface area contributed by atoms with Gasteiger partial charge in [0.2, 0.25) is 0 Å². The molecule has 10 atom stereocenters. The SMILES string of the molecule is C=C1[C@@H]2C[C@H](O)[C@@H]3[C@@](C2)(C[C@H](O)[C@@H]2C(C)(C)[C@@H](OC(C)=O)C[C@H](O)[C@]23C)[C@@H]1OC(C)=O. The van der Waals surface area contributed by atoms with Crippen LogP contribution in [-0.4, -0.2) is 57.8 Å². The quantitative estimate of drug-likeness (QED) is 0.448. The topological polar surface area (TPSA) is 113 Å². The second-order valence-corrected chi connectivity index (χ2v) is 11.3. The molecular formula is C24H36O7. The third-order valence-corrected chi connectivity index (χ3v) is 9.23. The average Bonchev–Trinajstić information content (AvgIpc) is 2.79. The van der Waals surface area contributed by atoms with Gasteiger partial charge >= 0.3 is 11.9 Å². The fourth-order valence-electron chi connectivity index (χ4n) is 8.51. The zero-order chi connectivity index (χ0) is 23.1. The van der Waals surface area contributed by atoms with Gasteiger partial charge in [-0.15, -0.1) is 0 Å². The summed E-state index contributed by atoms with van der Waals surface area (Å²) in [5, 5.41) is 34.4. The zero-order valence-electron chi connectivity index (χ0n) is 19.1. The fraction of sp³-hybridized carbons (Fsp3) is 0.833. The van der Waals surface area contributed by atoms with Crippen molar-refractivity contribution in [2.45, 2.75) is 90.8 Å². The van der Waals surface area contributed by atoms with Gasteiger partial charge in [0.05, 0.1) is 18.3 Å². The third kappa shape index (κ3) is 2.96. The second-order valence-electron chi connectivity index (χ2n) is 11.3. The van der Waals surface area contributed by atoms with E-state index in [1.54, 1.807) is 0 Å². The molecule has 0 saturated heterocycles. The zero-order valence-corrected chi connectivity index (χ0v) is 19.1. The summed E-state index contributed by atoms with van der Waals surface area (Å²) in [6, 6.07) is 0. The predicted octanol–water partition coefficient (Wildman–Crippen LogP) is 1.97. The lowest BCUT2D eigenvalue weighted by atomic mass is 9.38. The van der Waals surface area contributed by atoms with E-state index in [2.05, 4.69) is 6.58 Å². The normalized spacial score (nSPS) is 50.3. The molecule has 4 fully saturated rings. The van der Waals surface area contributed by atoms with Crippen molar-refractivity contribution in [3.63, 3.8) is 0 Å². The van der Waals surface area contributed by atoms with Gasteiger partial charge in [0.25, 0.3) is 0 Å². The van der Waals surface area contributed by atoms with Crippen LogP contribution in [0.25, 0.3) is 0 Å². The standard InChI is InChI=1S/C24H36O7/c1-11-14-7-15(27)20-23(6)17(29)8-18(30-12(2)25)22(4,5)19(23)16(28)10-24(20,9-14)21(11)31-13(3)26/h14-21,27-29H,1,7-10H2,2-6H3/t14-,15+,16+,17+,18+,19-,20+,21-,23-,24-/m1/s1. The Morgan fingerprint density at radius 3 is 2.13 bits per heavy atom. The van der Waals surface area contributed by atoms with E-state index < -0.39 is 64.6 Å². The van der Waals surface area contributed by atoms with E-state index in [4.69, 9.17) is 9.47 Å². The molecule has 31 heavy (non-hydrogen) atoms. The van der Waals surface area contributed by atoms with Gasteiger partial charge in [-0.2, -0.15) is 0 Å². The maximum atomic E-state index is 12.0. The molecule has 0 amide bonds. The Morgan fingerprint density at radius 2 is 1.55 bits per heavy atom. The molecule has 4 aliphatic rings. The first kappa shape index (κ1) is 22.7. The highest BCUT2D eigenvalue weighted by atomic mass is 16.5. The molecule has 4 saturated carbocycles. The molecule has 0 aliphatic heterocycles. The van der Waals surface area contributed by atoms with Gasteiger partial charge in [-0.05, 0) is 30.8 Å². The lowest BCUT2D eigenvalue weighted by Crippen LogP contribution is -2.72. The van der Waals surface area contributed by atoms with Crippen LogP contribution in [-0.2, 0) is 19.1 Å². The van der Waals surface area contributed by atoms with Crippen molar-refractivity contribution in [1.82, 2.24) is 0 Å². The van der Waals surface area contributed by atoms with Crippen molar-refractivity contribution in [1.29, 1.82) is 0 Å². The van der Waals surface area contributed by atoms with Crippen LogP contribution in [0, 0.1) is 34.0 Å². The number of carbonyl (C=O) groups excluding carboxylic acids is 2. The summed E-state index contributed by atoms with van der Waals surface area (Å²) in [7, 11) is 0. The van der Waals surface area contributed by atoms with Crippen molar-refractivity contribution in [3.05, 3.63) is 12.2 Å². The summed E-state index contributed by atoms with van der Waals surface area (Å²) in [5.74, 6) is -1.62. The average molecular weight is 437 g/mol. The first-order valence-electron chi connectivity index (χ1n) is 11.3. The summed E-state index contributed by atoms with van der Waals surface area (Å²) < 4.78 is 11.3. The maximum Gasteiger partial charge on any atom is 0.303 e. The van der Waals surface area contributed by atoms with E-state index in [0.29, 0.717) is 19.3 Å². The molecule has 2 bridgehead atoms. The maximum absolute atomic E-state index is 12.0. The lowest BCUT2D eigenvalue weighted by molar-refractivity contribution is -0.290. The summed E-state index contributed by atoms with van der Waals surface area (Å²) in [4.78, 5) is 23.7. The fourth-order valence-corrected chi connectivity index (χ4v) is 8.51. The smallest absolute Gasteiger partial charge is 0.303 e. The summed E-state index contributed by atoms with van der Waals surface area (Å²) in [6.07, 6.45) is -1.83. The Labute approximate surface area is 183 Å². The molecule has 174 valence electrons. The Morgan fingerprint density at radius 1 is 0.935 bits per heavy atom. The molecule has 0 unspecified atom stereocenters. The first-order valence-corrected chi connectivity index (χ1v) is 11.3. The lowest BCUT2D eigenvalue weighted by Gasteiger charge is -2.68. The number of hydrogen-bond acceptors (Lipinski definition) is 7. The van der Waals surface area contributed by atoms with Crippen LogP contribution in [0.3, 0.4) is 0 Å². The minimum atomic E-state index is -0.898. The van der Waals surface area contributed by atoms with Crippen LogP contribution in [0.2, 0.25) is 0 Å². The molecule has 0 radical (unpaired) electrons. The van der Waals surface area contributed by atoms with Crippen LogP contribution in [0.4, 0.5) is 0 Å². The van der Waals surface area contributed by atoms with Crippen LogP contribution in [0.15, 0.2) is 12.2 Å². The minimum absolute atomic E-state index is 0.0190. The van der Waals surface area contributed by atoms with Crippen LogP contribution in [0.1, 0.15) is 60.3 Å². The Balaban J connectivity index is 1.84. The molecule has 4 rings (SSSR count). The molecular weight excluding hydrogens is 400 g/mol. The summed E-state index contributed by atoms with van der Waals surface area (Å²) >= 11 is 0. The van der Waals surface area contributed by atoms with Gasteiger partial charge in [0, 0.05) is 48.3 Å². The van der Waals surface area contributed by atoms with Gasteiger partial charge < -0.3 is 24.8 Å². The highest BCUT2D eigenvalue weighted by molar-refractivity contribution is 5.67.